The predicted molar refractivity (Wildman–Crippen MR) is 152 cm³/mol. The van der Waals surface area contributed by atoms with Crippen LogP contribution in [0.15, 0.2) is 66.7 Å². The first-order valence-electron chi connectivity index (χ1n) is 13.7. The topological polar surface area (TPSA) is 0 Å². The van der Waals surface area contributed by atoms with E-state index in [0.29, 0.717) is 11.1 Å². The predicted octanol–water partition coefficient (Wildman–Crippen LogP) is 9.26. The maximum absolute atomic E-state index is 14.6. The largest absolute Gasteiger partial charge is 0.206 e. The van der Waals surface area contributed by atoms with Crippen LogP contribution in [0.4, 0.5) is 4.39 Å². The average molecular weight is 479 g/mol. The van der Waals surface area contributed by atoms with E-state index in [1.54, 1.807) is 6.07 Å². The molecule has 3 aromatic carbocycles. The zero-order valence-corrected chi connectivity index (χ0v) is 22.0. The Morgan fingerprint density at radius 2 is 0.972 bits per heavy atom. The quantitative estimate of drug-likeness (QED) is 0.190. The summed E-state index contributed by atoms with van der Waals surface area (Å²) in [4.78, 5) is 0. The molecule has 36 heavy (non-hydrogen) atoms. The van der Waals surface area contributed by atoms with Crippen LogP contribution in [0.2, 0.25) is 0 Å². The van der Waals surface area contributed by atoms with Gasteiger partial charge in [0, 0.05) is 16.7 Å². The number of aryl methyl sites for hydroxylation is 2. The highest BCUT2D eigenvalue weighted by Gasteiger charge is 2.01. The average Bonchev–Trinajstić information content (AvgIpc) is 2.91. The van der Waals surface area contributed by atoms with Crippen LogP contribution in [0.3, 0.4) is 0 Å². The minimum Gasteiger partial charge on any atom is -0.206 e. The van der Waals surface area contributed by atoms with Crippen LogP contribution in [0, 0.1) is 29.5 Å². The van der Waals surface area contributed by atoms with Gasteiger partial charge in [0.15, 0.2) is 0 Å². The van der Waals surface area contributed by atoms with Crippen molar-refractivity contribution < 1.29 is 4.39 Å². The highest BCUT2D eigenvalue weighted by molar-refractivity contribution is 5.49. The van der Waals surface area contributed by atoms with Gasteiger partial charge in [-0.1, -0.05) is 107 Å². The molecule has 0 heterocycles. The third kappa shape index (κ3) is 9.76. The lowest BCUT2D eigenvalue weighted by Crippen LogP contribution is -1.88. The SMILES string of the molecule is CCCCCCCCCc1ccc(C#Cc2ccc(C#Cc3ccc(CCCC)cc3)cc2F)cc1. The molecule has 0 nitrogen and oxygen atoms in total. The number of hydrogen-bond acceptors (Lipinski definition) is 0. The Bertz CT molecular complexity index is 1180. The van der Waals surface area contributed by atoms with Crippen molar-refractivity contribution in [1.29, 1.82) is 0 Å². The van der Waals surface area contributed by atoms with Crippen LogP contribution >= 0.6 is 0 Å². The van der Waals surface area contributed by atoms with Gasteiger partial charge in [0.1, 0.15) is 5.82 Å². The van der Waals surface area contributed by atoms with E-state index in [0.717, 1.165) is 24.0 Å². The Hall–Kier alpha value is -3.29. The third-order valence-corrected chi connectivity index (χ3v) is 6.46. The molecule has 0 aromatic heterocycles. The van der Waals surface area contributed by atoms with Gasteiger partial charge in [0.05, 0.1) is 5.56 Å². The molecule has 0 bridgehead atoms. The van der Waals surface area contributed by atoms with E-state index in [2.05, 4.69) is 61.8 Å². The smallest absolute Gasteiger partial charge is 0.140 e. The molecule has 0 radical (unpaired) electrons. The summed E-state index contributed by atoms with van der Waals surface area (Å²) >= 11 is 0. The Balaban J connectivity index is 1.51. The molecule has 186 valence electrons. The first-order chi connectivity index (χ1) is 17.7. The highest BCUT2D eigenvalue weighted by atomic mass is 19.1. The molecule has 1 heteroatoms. The Morgan fingerprint density at radius 3 is 1.56 bits per heavy atom. The van der Waals surface area contributed by atoms with Gasteiger partial charge in [0.2, 0.25) is 0 Å². The van der Waals surface area contributed by atoms with Gasteiger partial charge < -0.3 is 0 Å². The zero-order valence-electron chi connectivity index (χ0n) is 22.0. The van der Waals surface area contributed by atoms with E-state index in [9.17, 15) is 4.39 Å². The minimum atomic E-state index is -0.334. The van der Waals surface area contributed by atoms with E-state index in [4.69, 9.17) is 0 Å². The second-order valence-electron chi connectivity index (χ2n) is 9.56. The van der Waals surface area contributed by atoms with E-state index in [1.165, 1.54) is 75.0 Å². The molecule has 0 aliphatic rings. The summed E-state index contributed by atoms with van der Waals surface area (Å²) in [6.45, 7) is 4.46. The molecule has 0 amide bonds. The van der Waals surface area contributed by atoms with Gasteiger partial charge in [-0.15, -0.1) is 0 Å². The molecule has 0 aliphatic heterocycles. The maximum Gasteiger partial charge on any atom is 0.140 e. The first-order valence-corrected chi connectivity index (χ1v) is 13.7. The fourth-order valence-corrected chi connectivity index (χ4v) is 4.15. The minimum absolute atomic E-state index is 0.334. The standard InChI is InChI=1S/C35H39F/c1-3-5-7-8-9-10-11-13-30-16-20-32(21-17-30)24-26-34-27-25-33(28-35(34)36)23-22-31-18-14-29(15-19-31)12-6-4-2/h14-21,25,27-28H,3-13H2,1-2H3. The summed E-state index contributed by atoms with van der Waals surface area (Å²) in [7, 11) is 0. The molecule has 0 atom stereocenters. The van der Waals surface area contributed by atoms with E-state index in [1.807, 2.05) is 30.3 Å². The van der Waals surface area contributed by atoms with Gasteiger partial charge in [-0.2, -0.15) is 0 Å². The fraction of sp³-hybridized carbons (Fsp3) is 0.371. The number of unbranched alkanes of at least 4 members (excludes halogenated alkanes) is 7. The monoisotopic (exact) mass is 478 g/mol. The molecule has 0 fully saturated rings. The lowest BCUT2D eigenvalue weighted by atomic mass is 10.0. The summed E-state index contributed by atoms with van der Waals surface area (Å²) in [5, 5.41) is 0. The molecule has 0 N–H and O–H groups in total. The number of hydrogen-bond donors (Lipinski definition) is 0. The molecular formula is C35H39F. The van der Waals surface area contributed by atoms with Crippen molar-refractivity contribution in [1.82, 2.24) is 0 Å². The van der Waals surface area contributed by atoms with Crippen LogP contribution in [0.25, 0.3) is 0 Å². The molecule has 3 aromatic rings. The summed E-state index contributed by atoms with van der Waals surface area (Å²) in [5.41, 5.74) is 5.58. The van der Waals surface area contributed by atoms with Gasteiger partial charge in [-0.25, -0.2) is 4.39 Å². The molecular weight excluding hydrogens is 439 g/mol. The van der Waals surface area contributed by atoms with Crippen molar-refractivity contribution in [3.05, 3.63) is 106 Å². The molecule has 0 saturated carbocycles. The summed E-state index contributed by atoms with van der Waals surface area (Å²) in [6.07, 6.45) is 13.9. The normalized spacial score (nSPS) is 10.3. The van der Waals surface area contributed by atoms with Crippen molar-refractivity contribution in [2.45, 2.75) is 84.5 Å². The molecule has 0 unspecified atom stereocenters. The van der Waals surface area contributed by atoms with Gasteiger partial charge in [-0.3, -0.25) is 0 Å². The number of benzene rings is 3. The summed E-state index contributed by atoms with van der Waals surface area (Å²) in [5.74, 6) is 11.9. The zero-order chi connectivity index (χ0) is 25.4. The Kier molecular flexibility index (Phi) is 11.9. The first kappa shape index (κ1) is 27.3. The van der Waals surface area contributed by atoms with Crippen LogP contribution < -0.4 is 0 Å². The van der Waals surface area contributed by atoms with E-state index >= 15 is 0 Å². The van der Waals surface area contributed by atoms with E-state index < -0.39 is 0 Å². The van der Waals surface area contributed by atoms with E-state index in [-0.39, 0.29) is 5.82 Å². The van der Waals surface area contributed by atoms with Crippen molar-refractivity contribution in [3.63, 3.8) is 0 Å². The summed E-state index contributed by atoms with van der Waals surface area (Å²) in [6, 6.07) is 21.7. The lowest BCUT2D eigenvalue weighted by molar-refractivity contribution is 0.589. The van der Waals surface area contributed by atoms with Crippen LogP contribution in [-0.4, -0.2) is 0 Å². The Labute approximate surface area is 218 Å². The molecule has 0 aliphatic carbocycles. The number of halogens is 1. The van der Waals surface area contributed by atoms with Crippen molar-refractivity contribution in [2.24, 2.45) is 0 Å². The highest BCUT2D eigenvalue weighted by Crippen LogP contribution is 2.13. The van der Waals surface area contributed by atoms with Crippen molar-refractivity contribution in [2.75, 3.05) is 0 Å². The van der Waals surface area contributed by atoms with Gasteiger partial charge in [-0.05, 0) is 79.3 Å². The molecule has 0 spiro atoms. The summed E-state index contributed by atoms with van der Waals surface area (Å²) < 4.78 is 14.6. The van der Waals surface area contributed by atoms with Crippen molar-refractivity contribution >= 4 is 0 Å². The molecule has 3 rings (SSSR count). The maximum atomic E-state index is 14.6. The van der Waals surface area contributed by atoms with Crippen LogP contribution in [0.1, 0.15) is 105 Å². The van der Waals surface area contributed by atoms with Crippen LogP contribution in [0.5, 0.6) is 0 Å². The fourth-order valence-electron chi connectivity index (χ4n) is 4.15. The number of rotatable bonds is 11. The van der Waals surface area contributed by atoms with Gasteiger partial charge >= 0.3 is 0 Å². The lowest BCUT2D eigenvalue weighted by Gasteiger charge is -2.02. The second-order valence-corrected chi connectivity index (χ2v) is 9.56. The Morgan fingerprint density at radius 1 is 0.500 bits per heavy atom. The van der Waals surface area contributed by atoms with Crippen molar-refractivity contribution in [3.8, 4) is 23.7 Å². The molecule has 0 saturated heterocycles. The second kappa shape index (κ2) is 15.7. The van der Waals surface area contributed by atoms with Crippen LogP contribution in [-0.2, 0) is 12.8 Å². The third-order valence-electron chi connectivity index (χ3n) is 6.46. The van der Waals surface area contributed by atoms with Gasteiger partial charge in [0.25, 0.3) is 0 Å².